The minimum atomic E-state index is -4.40. The van der Waals surface area contributed by atoms with Gasteiger partial charge in [-0.15, -0.1) is 0 Å². The van der Waals surface area contributed by atoms with E-state index in [0.717, 1.165) is 12.1 Å². The number of rotatable bonds is 2. The van der Waals surface area contributed by atoms with E-state index in [4.69, 9.17) is 16.3 Å². The summed E-state index contributed by atoms with van der Waals surface area (Å²) in [6, 6.07) is 11.0. The second-order valence-electron chi connectivity index (χ2n) is 3.85. The van der Waals surface area contributed by atoms with Gasteiger partial charge in [0.15, 0.2) is 0 Å². The summed E-state index contributed by atoms with van der Waals surface area (Å²) in [4.78, 5) is 0. The first-order chi connectivity index (χ1) is 8.91. The highest BCUT2D eigenvalue weighted by atomic mass is 35.5. The molecule has 0 saturated carbocycles. The van der Waals surface area contributed by atoms with E-state index in [0.29, 0.717) is 16.9 Å². The van der Waals surface area contributed by atoms with Crippen molar-refractivity contribution >= 4 is 11.6 Å². The zero-order chi connectivity index (χ0) is 14.0. The van der Waals surface area contributed by atoms with Gasteiger partial charge in [0.1, 0.15) is 5.75 Å². The van der Waals surface area contributed by atoms with Crippen molar-refractivity contribution in [3.8, 4) is 16.9 Å². The number of ether oxygens (including phenoxy) is 1. The summed E-state index contributed by atoms with van der Waals surface area (Å²) in [5.41, 5.74) is 0.385. The van der Waals surface area contributed by atoms with Crippen LogP contribution in [0.15, 0.2) is 36.4 Å². The molecule has 0 atom stereocenters. The lowest BCUT2D eigenvalue weighted by Crippen LogP contribution is -2.04. The molecule has 2 aromatic rings. The van der Waals surface area contributed by atoms with Crippen molar-refractivity contribution in [3.63, 3.8) is 0 Å². The third kappa shape index (κ3) is 3.01. The third-order valence-corrected chi connectivity index (χ3v) is 2.92. The van der Waals surface area contributed by atoms with Crippen molar-refractivity contribution in [2.45, 2.75) is 6.18 Å². The normalized spacial score (nSPS) is 11.4. The molecule has 0 aromatic heterocycles. The minimum Gasteiger partial charge on any atom is -0.497 e. The van der Waals surface area contributed by atoms with E-state index in [1.54, 1.807) is 18.2 Å². The van der Waals surface area contributed by atoms with Crippen LogP contribution >= 0.6 is 11.6 Å². The molecule has 0 heterocycles. The predicted octanol–water partition coefficient (Wildman–Crippen LogP) is 4.83. The molecule has 0 amide bonds. The molecule has 2 aromatic carbocycles. The fourth-order valence-corrected chi connectivity index (χ4v) is 1.94. The first kappa shape index (κ1) is 13.7. The topological polar surface area (TPSA) is 9.23 Å². The van der Waals surface area contributed by atoms with Crippen LogP contribution < -0.4 is 4.74 Å². The van der Waals surface area contributed by atoms with Crippen LogP contribution in [-0.2, 0) is 6.18 Å². The van der Waals surface area contributed by atoms with E-state index in [9.17, 15) is 13.2 Å². The van der Waals surface area contributed by atoms with Gasteiger partial charge in [-0.1, -0.05) is 17.7 Å². The second kappa shape index (κ2) is 5.13. The standard InChI is InChI=1S/C14H9ClF3O/c1-19-11-4-2-3-9(7-11)12-6-5-10(8-13(12)15)14(16,17)18/h3-8H,1H3. The highest BCUT2D eigenvalue weighted by Gasteiger charge is 2.30. The van der Waals surface area contributed by atoms with Gasteiger partial charge in [-0.2, -0.15) is 13.2 Å². The Kier molecular flexibility index (Phi) is 3.71. The SMILES string of the molecule is COc1c[c]cc(-c2ccc(C(F)(F)F)cc2Cl)c1. The summed E-state index contributed by atoms with van der Waals surface area (Å²) >= 11 is 5.91. The van der Waals surface area contributed by atoms with E-state index in [1.807, 2.05) is 0 Å². The highest BCUT2D eigenvalue weighted by molar-refractivity contribution is 6.33. The van der Waals surface area contributed by atoms with Gasteiger partial charge >= 0.3 is 6.18 Å². The van der Waals surface area contributed by atoms with Crippen LogP contribution in [0.25, 0.3) is 11.1 Å². The fourth-order valence-electron chi connectivity index (χ4n) is 1.65. The van der Waals surface area contributed by atoms with E-state index in [-0.39, 0.29) is 5.02 Å². The molecular formula is C14H9ClF3O. The maximum atomic E-state index is 12.5. The van der Waals surface area contributed by atoms with Crippen molar-refractivity contribution in [3.05, 3.63) is 53.1 Å². The lowest BCUT2D eigenvalue weighted by atomic mass is 10.0. The molecule has 5 heteroatoms. The Morgan fingerprint density at radius 1 is 1.16 bits per heavy atom. The first-order valence-electron chi connectivity index (χ1n) is 5.34. The molecule has 0 aliphatic heterocycles. The van der Waals surface area contributed by atoms with Gasteiger partial charge in [0.25, 0.3) is 0 Å². The molecule has 99 valence electrons. The number of methoxy groups -OCH3 is 1. The molecule has 0 spiro atoms. The maximum absolute atomic E-state index is 12.5. The quantitative estimate of drug-likeness (QED) is 0.767. The van der Waals surface area contributed by atoms with Gasteiger partial charge in [0.05, 0.1) is 12.7 Å². The molecule has 1 nitrogen and oxygen atoms in total. The Bertz CT molecular complexity index is 593. The summed E-state index contributed by atoms with van der Waals surface area (Å²) in [7, 11) is 1.50. The molecule has 0 aliphatic carbocycles. The van der Waals surface area contributed by atoms with Crippen LogP contribution in [0.4, 0.5) is 13.2 Å². The van der Waals surface area contributed by atoms with Gasteiger partial charge in [0.2, 0.25) is 0 Å². The molecule has 1 radical (unpaired) electrons. The van der Waals surface area contributed by atoms with Gasteiger partial charge in [0, 0.05) is 10.6 Å². The number of benzene rings is 2. The summed E-state index contributed by atoms with van der Waals surface area (Å²) in [6.07, 6.45) is -4.40. The van der Waals surface area contributed by atoms with Crippen LogP contribution in [0.1, 0.15) is 5.56 Å². The molecule has 2 rings (SSSR count). The van der Waals surface area contributed by atoms with Crippen molar-refractivity contribution < 1.29 is 17.9 Å². The monoisotopic (exact) mass is 285 g/mol. The summed E-state index contributed by atoms with van der Waals surface area (Å²) in [5, 5.41) is 0.0384. The smallest absolute Gasteiger partial charge is 0.416 e. The predicted molar refractivity (Wildman–Crippen MR) is 67.3 cm³/mol. The van der Waals surface area contributed by atoms with Crippen LogP contribution in [0, 0.1) is 6.07 Å². The zero-order valence-electron chi connectivity index (χ0n) is 9.88. The molecule has 0 bridgehead atoms. The van der Waals surface area contributed by atoms with Crippen molar-refractivity contribution in [2.75, 3.05) is 7.11 Å². The van der Waals surface area contributed by atoms with Crippen molar-refractivity contribution in [1.82, 2.24) is 0 Å². The summed E-state index contributed by atoms with van der Waals surface area (Å²) in [5.74, 6) is 0.563. The molecule has 0 saturated heterocycles. The molecule has 0 N–H and O–H groups in total. The van der Waals surface area contributed by atoms with E-state index in [1.165, 1.54) is 13.2 Å². The Labute approximate surface area is 113 Å². The van der Waals surface area contributed by atoms with Gasteiger partial charge in [-0.3, -0.25) is 0 Å². The van der Waals surface area contributed by atoms with Gasteiger partial charge < -0.3 is 4.74 Å². The molecule has 0 fully saturated rings. The van der Waals surface area contributed by atoms with Crippen LogP contribution in [-0.4, -0.2) is 7.11 Å². The average Bonchev–Trinajstić information content (AvgIpc) is 2.37. The lowest BCUT2D eigenvalue weighted by Gasteiger charge is -2.10. The first-order valence-corrected chi connectivity index (χ1v) is 5.72. The molecular weight excluding hydrogens is 277 g/mol. The minimum absolute atomic E-state index is 0.0384. The summed E-state index contributed by atoms with van der Waals surface area (Å²) in [6.45, 7) is 0. The van der Waals surface area contributed by atoms with Crippen LogP contribution in [0.3, 0.4) is 0 Å². The van der Waals surface area contributed by atoms with E-state index in [2.05, 4.69) is 6.07 Å². The largest absolute Gasteiger partial charge is 0.497 e. The third-order valence-electron chi connectivity index (χ3n) is 2.61. The zero-order valence-corrected chi connectivity index (χ0v) is 10.6. The molecule has 0 aliphatic rings. The fraction of sp³-hybridized carbons (Fsp3) is 0.143. The Morgan fingerprint density at radius 3 is 2.47 bits per heavy atom. The Morgan fingerprint density at radius 2 is 1.89 bits per heavy atom. The Hall–Kier alpha value is -1.68. The molecule has 19 heavy (non-hydrogen) atoms. The number of alkyl halides is 3. The number of hydrogen-bond donors (Lipinski definition) is 0. The van der Waals surface area contributed by atoms with E-state index >= 15 is 0 Å². The number of hydrogen-bond acceptors (Lipinski definition) is 1. The van der Waals surface area contributed by atoms with E-state index < -0.39 is 11.7 Å². The maximum Gasteiger partial charge on any atom is 0.416 e. The van der Waals surface area contributed by atoms with Crippen molar-refractivity contribution in [1.29, 1.82) is 0 Å². The summed E-state index contributed by atoms with van der Waals surface area (Å²) < 4.78 is 42.6. The van der Waals surface area contributed by atoms with Gasteiger partial charge in [-0.05, 0) is 42.0 Å². The van der Waals surface area contributed by atoms with Crippen molar-refractivity contribution in [2.24, 2.45) is 0 Å². The highest BCUT2D eigenvalue weighted by Crippen LogP contribution is 2.36. The number of halogens is 4. The second-order valence-corrected chi connectivity index (χ2v) is 4.26. The Balaban J connectivity index is 2.46. The lowest BCUT2D eigenvalue weighted by molar-refractivity contribution is -0.137. The van der Waals surface area contributed by atoms with Crippen LogP contribution in [0.5, 0.6) is 5.75 Å². The van der Waals surface area contributed by atoms with Crippen LogP contribution in [0.2, 0.25) is 5.02 Å². The van der Waals surface area contributed by atoms with Gasteiger partial charge in [-0.25, -0.2) is 0 Å². The average molecular weight is 286 g/mol. The molecule has 0 unspecified atom stereocenters.